The lowest BCUT2D eigenvalue weighted by Crippen LogP contribution is -2.49. The van der Waals surface area contributed by atoms with Gasteiger partial charge >= 0.3 is 12.0 Å². The molecular formula is C13H20N2O4. The molecule has 1 heterocycles. The van der Waals surface area contributed by atoms with Crippen LogP contribution >= 0.6 is 0 Å². The van der Waals surface area contributed by atoms with Gasteiger partial charge in [0.25, 0.3) is 0 Å². The molecule has 0 saturated heterocycles. The third-order valence-corrected chi connectivity index (χ3v) is 3.10. The first-order valence-corrected chi connectivity index (χ1v) is 6.21. The van der Waals surface area contributed by atoms with Crippen molar-refractivity contribution in [2.75, 3.05) is 7.05 Å². The summed E-state index contributed by atoms with van der Waals surface area (Å²) in [5.74, 6) is -1.14. The van der Waals surface area contributed by atoms with Gasteiger partial charge in [0.2, 0.25) is 0 Å². The number of nitrogens with one attached hydrogen (secondary N) is 1. The van der Waals surface area contributed by atoms with Gasteiger partial charge in [0.05, 0.1) is 19.1 Å². The van der Waals surface area contributed by atoms with Crippen LogP contribution in [0.4, 0.5) is 4.79 Å². The number of amides is 2. The quantitative estimate of drug-likeness (QED) is 0.825. The van der Waals surface area contributed by atoms with Crippen LogP contribution in [0.15, 0.2) is 23.0 Å². The fourth-order valence-corrected chi connectivity index (χ4v) is 1.65. The van der Waals surface area contributed by atoms with Crippen molar-refractivity contribution in [2.45, 2.75) is 32.9 Å². The SMILES string of the molecule is CCC(C)[C@H](NC(=O)N(C)Cc1ccoc1)C(=O)O. The fraction of sp³-hybridized carbons (Fsp3) is 0.538. The van der Waals surface area contributed by atoms with Gasteiger partial charge in [-0.15, -0.1) is 0 Å². The van der Waals surface area contributed by atoms with E-state index in [0.29, 0.717) is 13.0 Å². The van der Waals surface area contributed by atoms with Gasteiger partial charge in [-0.3, -0.25) is 0 Å². The Labute approximate surface area is 112 Å². The minimum atomic E-state index is -1.01. The van der Waals surface area contributed by atoms with Crippen molar-refractivity contribution in [1.29, 1.82) is 0 Å². The molecule has 0 aliphatic heterocycles. The Balaban J connectivity index is 2.58. The van der Waals surface area contributed by atoms with Crippen molar-refractivity contribution in [3.63, 3.8) is 0 Å². The molecule has 0 aliphatic carbocycles. The highest BCUT2D eigenvalue weighted by atomic mass is 16.4. The van der Waals surface area contributed by atoms with Gasteiger partial charge in [-0.25, -0.2) is 9.59 Å². The predicted octanol–water partition coefficient (Wildman–Crippen LogP) is 1.92. The van der Waals surface area contributed by atoms with Gasteiger partial charge in [0, 0.05) is 12.6 Å². The van der Waals surface area contributed by atoms with Crippen LogP contribution in [0, 0.1) is 5.92 Å². The lowest BCUT2D eigenvalue weighted by molar-refractivity contribution is -0.140. The number of furan rings is 1. The maximum Gasteiger partial charge on any atom is 0.326 e. The highest BCUT2D eigenvalue weighted by Gasteiger charge is 2.26. The van der Waals surface area contributed by atoms with Gasteiger partial charge in [-0.1, -0.05) is 20.3 Å². The van der Waals surface area contributed by atoms with Gasteiger partial charge in [-0.05, 0) is 12.0 Å². The highest BCUT2D eigenvalue weighted by molar-refractivity contribution is 5.82. The first-order valence-electron chi connectivity index (χ1n) is 6.21. The molecule has 0 spiro atoms. The second kappa shape index (κ2) is 6.82. The van der Waals surface area contributed by atoms with Crippen LogP contribution in [0.2, 0.25) is 0 Å². The number of carbonyl (C=O) groups is 2. The van der Waals surface area contributed by atoms with E-state index < -0.39 is 18.0 Å². The van der Waals surface area contributed by atoms with E-state index in [2.05, 4.69) is 5.32 Å². The molecular weight excluding hydrogens is 248 g/mol. The van der Waals surface area contributed by atoms with Crippen molar-refractivity contribution in [1.82, 2.24) is 10.2 Å². The molecule has 2 atom stereocenters. The minimum absolute atomic E-state index is 0.122. The molecule has 0 radical (unpaired) electrons. The molecule has 2 amide bonds. The monoisotopic (exact) mass is 268 g/mol. The number of rotatable bonds is 6. The first kappa shape index (κ1) is 15.1. The lowest BCUT2D eigenvalue weighted by atomic mass is 9.99. The maximum absolute atomic E-state index is 11.9. The van der Waals surface area contributed by atoms with Gasteiger partial charge in [-0.2, -0.15) is 0 Å². The van der Waals surface area contributed by atoms with Crippen LogP contribution in [-0.2, 0) is 11.3 Å². The van der Waals surface area contributed by atoms with Gasteiger partial charge in [0.15, 0.2) is 0 Å². The molecule has 0 bridgehead atoms. The number of aliphatic carboxylic acids is 1. The predicted molar refractivity (Wildman–Crippen MR) is 69.6 cm³/mol. The van der Waals surface area contributed by atoms with Crippen molar-refractivity contribution in [3.8, 4) is 0 Å². The Bertz CT molecular complexity index is 416. The van der Waals surface area contributed by atoms with Crippen LogP contribution in [0.1, 0.15) is 25.8 Å². The van der Waals surface area contributed by atoms with E-state index in [4.69, 9.17) is 9.52 Å². The van der Waals surface area contributed by atoms with Crippen LogP contribution < -0.4 is 5.32 Å². The number of carboxylic acids is 1. The zero-order valence-electron chi connectivity index (χ0n) is 11.4. The average Bonchev–Trinajstić information content (AvgIpc) is 2.86. The summed E-state index contributed by atoms with van der Waals surface area (Å²) in [6.45, 7) is 4.06. The second-order valence-electron chi connectivity index (χ2n) is 4.64. The fourth-order valence-electron chi connectivity index (χ4n) is 1.65. The highest BCUT2D eigenvalue weighted by Crippen LogP contribution is 2.09. The smallest absolute Gasteiger partial charge is 0.326 e. The van der Waals surface area contributed by atoms with Crippen LogP contribution in [0.5, 0.6) is 0 Å². The standard InChI is InChI=1S/C13H20N2O4/c1-4-9(2)11(12(16)17)14-13(18)15(3)7-10-5-6-19-8-10/h5-6,8-9,11H,4,7H2,1-3H3,(H,14,18)(H,16,17)/t9?,11-/m0/s1. The Hall–Kier alpha value is -1.98. The Kier molecular flexibility index (Phi) is 5.41. The first-order chi connectivity index (χ1) is 8.95. The van der Waals surface area contributed by atoms with E-state index in [0.717, 1.165) is 5.56 Å². The molecule has 19 heavy (non-hydrogen) atoms. The van der Waals surface area contributed by atoms with E-state index in [1.807, 2.05) is 6.92 Å². The molecule has 1 unspecified atom stereocenters. The van der Waals surface area contributed by atoms with Gasteiger partial charge in [0.1, 0.15) is 6.04 Å². The van der Waals surface area contributed by atoms with Crippen molar-refractivity contribution < 1.29 is 19.1 Å². The maximum atomic E-state index is 11.9. The van der Waals surface area contributed by atoms with E-state index in [1.165, 1.54) is 11.2 Å². The summed E-state index contributed by atoms with van der Waals surface area (Å²) in [5, 5.41) is 11.7. The van der Waals surface area contributed by atoms with Crippen LogP contribution in [-0.4, -0.2) is 35.1 Å². The van der Waals surface area contributed by atoms with Crippen molar-refractivity contribution in [3.05, 3.63) is 24.2 Å². The number of urea groups is 1. The summed E-state index contributed by atoms with van der Waals surface area (Å²) in [5.41, 5.74) is 0.855. The molecule has 106 valence electrons. The molecule has 6 nitrogen and oxygen atoms in total. The normalized spacial score (nSPS) is 13.6. The van der Waals surface area contributed by atoms with Crippen molar-refractivity contribution in [2.24, 2.45) is 5.92 Å². The van der Waals surface area contributed by atoms with Crippen LogP contribution in [0.25, 0.3) is 0 Å². The average molecular weight is 268 g/mol. The summed E-state index contributed by atoms with van der Waals surface area (Å²) in [7, 11) is 1.61. The number of nitrogens with zero attached hydrogens (tertiary/aromatic N) is 1. The number of hydrogen-bond donors (Lipinski definition) is 2. The lowest BCUT2D eigenvalue weighted by Gasteiger charge is -2.24. The molecule has 0 saturated carbocycles. The summed E-state index contributed by atoms with van der Waals surface area (Å²) in [6.07, 6.45) is 3.76. The number of carbonyl (C=O) groups excluding carboxylic acids is 1. The molecule has 1 aromatic heterocycles. The van der Waals surface area contributed by atoms with Gasteiger partial charge < -0.3 is 19.7 Å². The summed E-state index contributed by atoms with van der Waals surface area (Å²) >= 11 is 0. The Morgan fingerprint density at radius 3 is 2.68 bits per heavy atom. The second-order valence-corrected chi connectivity index (χ2v) is 4.64. The minimum Gasteiger partial charge on any atom is -0.480 e. The van der Waals surface area contributed by atoms with Crippen molar-refractivity contribution >= 4 is 12.0 Å². The summed E-state index contributed by atoms with van der Waals surface area (Å²) in [6, 6.07) is 0.478. The summed E-state index contributed by atoms with van der Waals surface area (Å²) in [4.78, 5) is 24.5. The Morgan fingerprint density at radius 2 is 2.21 bits per heavy atom. The molecule has 2 N–H and O–H groups in total. The summed E-state index contributed by atoms with van der Waals surface area (Å²) < 4.78 is 4.92. The molecule has 6 heteroatoms. The molecule has 0 fully saturated rings. The third kappa shape index (κ3) is 4.31. The largest absolute Gasteiger partial charge is 0.480 e. The molecule has 1 aromatic rings. The molecule has 0 aliphatic rings. The third-order valence-electron chi connectivity index (χ3n) is 3.10. The molecule has 1 rings (SSSR count). The van der Waals surface area contributed by atoms with E-state index in [1.54, 1.807) is 26.3 Å². The van der Waals surface area contributed by atoms with E-state index in [-0.39, 0.29) is 5.92 Å². The Morgan fingerprint density at radius 1 is 1.53 bits per heavy atom. The number of carboxylic acid groups (broad SMARTS) is 1. The van der Waals surface area contributed by atoms with Crippen LogP contribution in [0.3, 0.4) is 0 Å². The molecule has 0 aromatic carbocycles. The topological polar surface area (TPSA) is 82.8 Å². The van der Waals surface area contributed by atoms with E-state index in [9.17, 15) is 9.59 Å². The zero-order chi connectivity index (χ0) is 14.4. The van der Waals surface area contributed by atoms with E-state index >= 15 is 0 Å². The zero-order valence-corrected chi connectivity index (χ0v) is 11.4. The number of hydrogen-bond acceptors (Lipinski definition) is 3.